The van der Waals surface area contributed by atoms with Gasteiger partial charge in [-0.2, -0.15) is 0 Å². The van der Waals surface area contributed by atoms with E-state index in [1.54, 1.807) is 6.92 Å². The van der Waals surface area contributed by atoms with Crippen molar-refractivity contribution in [3.63, 3.8) is 0 Å². The summed E-state index contributed by atoms with van der Waals surface area (Å²) in [5, 5.41) is 13.2. The number of nitrogens with zero attached hydrogens (tertiary/aromatic N) is 1. The monoisotopic (exact) mass is 257 g/mol. The molecule has 7 nitrogen and oxygen atoms in total. The van der Waals surface area contributed by atoms with Crippen LogP contribution >= 0.6 is 11.3 Å². The van der Waals surface area contributed by atoms with E-state index in [1.807, 2.05) is 0 Å². The lowest BCUT2D eigenvalue weighted by Crippen LogP contribution is -2.43. The van der Waals surface area contributed by atoms with Crippen LogP contribution in [0.3, 0.4) is 0 Å². The molecule has 8 heteroatoms. The van der Waals surface area contributed by atoms with Crippen LogP contribution in [0.25, 0.3) is 0 Å². The lowest BCUT2D eigenvalue weighted by atomic mass is 10.2. The molecular weight excluding hydrogens is 246 g/mol. The van der Waals surface area contributed by atoms with E-state index in [4.69, 9.17) is 10.8 Å². The SMILES string of the molecule is Cc1nc(C(=O)NC(CC(N)=O)C(=O)O)cs1. The van der Waals surface area contributed by atoms with Gasteiger partial charge in [-0.1, -0.05) is 0 Å². The summed E-state index contributed by atoms with van der Waals surface area (Å²) < 4.78 is 0. The molecule has 0 aliphatic carbocycles. The molecule has 17 heavy (non-hydrogen) atoms. The highest BCUT2D eigenvalue weighted by Crippen LogP contribution is 2.08. The molecule has 4 N–H and O–H groups in total. The number of nitrogens with two attached hydrogens (primary N) is 1. The van der Waals surface area contributed by atoms with E-state index < -0.39 is 30.2 Å². The van der Waals surface area contributed by atoms with Crippen molar-refractivity contribution in [2.45, 2.75) is 19.4 Å². The largest absolute Gasteiger partial charge is 0.480 e. The zero-order valence-electron chi connectivity index (χ0n) is 8.97. The van der Waals surface area contributed by atoms with Crippen molar-refractivity contribution in [2.75, 3.05) is 0 Å². The van der Waals surface area contributed by atoms with Crippen LogP contribution in [0.15, 0.2) is 5.38 Å². The molecule has 0 spiro atoms. The van der Waals surface area contributed by atoms with E-state index in [9.17, 15) is 14.4 Å². The Morgan fingerprint density at radius 2 is 2.24 bits per heavy atom. The molecule has 1 atom stereocenters. The standard InChI is InChI=1S/C9H11N3O4S/c1-4-11-6(3-17-4)8(14)12-5(9(15)16)2-7(10)13/h3,5H,2H2,1H3,(H2,10,13)(H,12,14)(H,15,16). The summed E-state index contributed by atoms with van der Waals surface area (Å²) in [6.07, 6.45) is -0.454. The average molecular weight is 257 g/mol. The van der Waals surface area contributed by atoms with E-state index in [2.05, 4.69) is 10.3 Å². The molecule has 0 fully saturated rings. The number of hydrogen-bond donors (Lipinski definition) is 3. The lowest BCUT2D eigenvalue weighted by Gasteiger charge is -2.11. The number of hydrogen-bond acceptors (Lipinski definition) is 5. The van der Waals surface area contributed by atoms with Gasteiger partial charge in [0.1, 0.15) is 11.7 Å². The molecule has 1 aromatic rings. The summed E-state index contributed by atoms with van der Waals surface area (Å²) in [6, 6.07) is -1.33. The number of carbonyl (C=O) groups excluding carboxylic acids is 2. The summed E-state index contributed by atoms with van der Waals surface area (Å²) >= 11 is 1.27. The van der Waals surface area contributed by atoms with Gasteiger partial charge in [0.2, 0.25) is 5.91 Å². The third kappa shape index (κ3) is 3.83. The maximum absolute atomic E-state index is 11.6. The van der Waals surface area contributed by atoms with Crippen LogP contribution in [-0.4, -0.2) is 33.9 Å². The zero-order valence-corrected chi connectivity index (χ0v) is 9.78. The number of primary amides is 1. The number of thiazole rings is 1. The van der Waals surface area contributed by atoms with Crippen molar-refractivity contribution >= 4 is 29.1 Å². The van der Waals surface area contributed by atoms with Crippen LogP contribution in [-0.2, 0) is 9.59 Å². The average Bonchev–Trinajstić information content (AvgIpc) is 2.63. The Labute approximate surface area is 101 Å². The first-order chi connectivity index (χ1) is 7.90. The second-order valence-electron chi connectivity index (χ2n) is 3.29. The van der Waals surface area contributed by atoms with E-state index >= 15 is 0 Å². The van der Waals surface area contributed by atoms with Crippen LogP contribution < -0.4 is 11.1 Å². The highest BCUT2D eigenvalue weighted by molar-refractivity contribution is 7.09. The van der Waals surface area contributed by atoms with E-state index in [0.717, 1.165) is 0 Å². The van der Waals surface area contributed by atoms with Crippen molar-refractivity contribution in [3.05, 3.63) is 16.1 Å². The van der Waals surface area contributed by atoms with Gasteiger partial charge in [0.15, 0.2) is 0 Å². The number of rotatable bonds is 5. The van der Waals surface area contributed by atoms with Gasteiger partial charge in [0.05, 0.1) is 11.4 Å². The first-order valence-corrected chi connectivity index (χ1v) is 5.52. The minimum atomic E-state index is -1.33. The highest BCUT2D eigenvalue weighted by Gasteiger charge is 2.23. The maximum atomic E-state index is 11.6. The van der Waals surface area contributed by atoms with Crippen LogP contribution in [0.2, 0.25) is 0 Å². The summed E-state index contributed by atoms with van der Waals surface area (Å²) in [4.78, 5) is 36.9. The fourth-order valence-corrected chi connectivity index (χ4v) is 1.69. The van der Waals surface area contributed by atoms with Crippen molar-refractivity contribution in [3.8, 4) is 0 Å². The number of carboxylic acid groups (broad SMARTS) is 1. The number of nitrogens with one attached hydrogen (secondary N) is 1. The Balaban J connectivity index is 2.70. The van der Waals surface area contributed by atoms with Crippen LogP contribution in [0.1, 0.15) is 21.9 Å². The van der Waals surface area contributed by atoms with Crippen LogP contribution in [0, 0.1) is 6.92 Å². The van der Waals surface area contributed by atoms with Crippen molar-refractivity contribution in [2.24, 2.45) is 5.73 Å². The van der Waals surface area contributed by atoms with Crippen LogP contribution in [0.5, 0.6) is 0 Å². The van der Waals surface area contributed by atoms with Gasteiger partial charge < -0.3 is 16.2 Å². The molecule has 92 valence electrons. The molecule has 0 radical (unpaired) electrons. The first kappa shape index (κ1) is 13.1. The van der Waals surface area contributed by atoms with Gasteiger partial charge in [-0.15, -0.1) is 11.3 Å². The fraction of sp³-hybridized carbons (Fsp3) is 0.333. The third-order valence-electron chi connectivity index (χ3n) is 1.86. The Bertz CT molecular complexity index is 457. The van der Waals surface area contributed by atoms with Crippen molar-refractivity contribution in [1.82, 2.24) is 10.3 Å². The quantitative estimate of drug-likeness (QED) is 0.657. The van der Waals surface area contributed by atoms with Crippen molar-refractivity contribution < 1.29 is 19.5 Å². The summed E-state index contributed by atoms with van der Waals surface area (Å²) in [5.41, 5.74) is 5.01. The molecule has 0 saturated heterocycles. The Morgan fingerprint density at radius 1 is 1.59 bits per heavy atom. The molecule has 1 heterocycles. The molecule has 0 bridgehead atoms. The molecule has 1 unspecified atom stereocenters. The molecular formula is C9H11N3O4S. The maximum Gasteiger partial charge on any atom is 0.326 e. The van der Waals surface area contributed by atoms with Crippen LogP contribution in [0.4, 0.5) is 0 Å². The van der Waals surface area contributed by atoms with Gasteiger partial charge >= 0.3 is 5.97 Å². The number of carbonyl (C=O) groups is 3. The molecule has 0 aromatic carbocycles. The number of amides is 2. The highest BCUT2D eigenvalue weighted by atomic mass is 32.1. The van der Waals surface area contributed by atoms with Gasteiger partial charge in [0.25, 0.3) is 5.91 Å². The normalized spacial score (nSPS) is 11.8. The van der Waals surface area contributed by atoms with E-state index in [-0.39, 0.29) is 5.69 Å². The molecule has 1 rings (SSSR count). The second-order valence-corrected chi connectivity index (χ2v) is 4.35. The predicted molar refractivity (Wildman–Crippen MR) is 59.6 cm³/mol. The van der Waals surface area contributed by atoms with Gasteiger partial charge in [-0.25, -0.2) is 9.78 Å². The number of aryl methyl sites for hydroxylation is 1. The molecule has 1 aromatic heterocycles. The fourth-order valence-electron chi connectivity index (χ4n) is 1.10. The second kappa shape index (κ2) is 5.39. The predicted octanol–water partition coefficient (Wildman–Crippen LogP) is -0.490. The Hall–Kier alpha value is -1.96. The van der Waals surface area contributed by atoms with Gasteiger partial charge in [-0.3, -0.25) is 9.59 Å². The molecule has 2 amide bonds. The first-order valence-electron chi connectivity index (χ1n) is 4.64. The summed E-state index contributed by atoms with van der Waals surface area (Å²) in [5.74, 6) is -2.75. The van der Waals surface area contributed by atoms with Gasteiger partial charge in [-0.05, 0) is 6.92 Å². The summed E-state index contributed by atoms with van der Waals surface area (Å²) in [7, 11) is 0. The lowest BCUT2D eigenvalue weighted by molar-refractivity contribution is -0.140. The molecule has 0 saturated carbocycles. The smallest absolute Gasteiger partial charge is 0.326 e. The number of aliphatic carboxylic acids is 1. The Morgan fingerprint density at radius 3 is 2.65 bits per heavy atom. The number of aromatic nitrogens is 1. The third-order valence-corrected chi connectivity index (χ3v) is 2.63. The Kier molecular flexibility index (Phi) is 4.16. The molecule has 0 aliphatic heterocycles. The number of carboxylic acids is 1. The zero-order chi connectivity index (χ0) is 13.0. The minimum Gasteiger partial charge on any atom is -0.480 e. The van der Waals surface area contributed by atoms with E-state index in [1.165, 1.54) is 16.7 Å². The topological polar surface area (TPSA) is 122 Å². The molecule has 0 aliphatic rings. The van der Waals surface area contributed by atoms with E-state index in [0.29, 0.717) is 5.01 Å². The van der Waals surface area contributed by atoms with Crippen molar-refractivity contribution in [1.29, 1.82) is 0 Å². The van der Waals surface area contributed by atoms with Gasteiger partial charge in [0, 0.05) is 5.38 Å². The summed E-state index contributed by atoms with van der Waals surface area (Å²) in [6.45, 7) is 1.72. The minimum absolute atomic E-state index is 0.128.